The fourth-order valence-corrected chi connectivity index (χ4v) is 6.12. The molecule has 2 aromatic carbocycles. The molecule has 2 unspecified atom stereocenters. The number of aromatic nitrogens is 2. The maximum atomic E-state index is 12.9. The summed E-state index contributed by atoms with van der Waals surface area (Å²) >= 11 is 14.1. The minimum atomic E-state index is 0.0458. The highest BCUT2D eigenvalue weighted by molar-refractivity contribution is 7.98. The molecule has 38 heavy (non-hydrogen) atoms. The van der Waals surface area contributed by atoms with Crippen molar-refractivity contribution in [1.82, 2.24) is 14.9 Å². The van der Waals surface area contributed by atoms with Crippen LogP contribution in [0.15, 0.2) is 59.8 Å². The van der Waals surface area contributed by atoms with Crippen LogP contribution in [0.3, 0.4) is 0 Å². The van der Waals surface area contributed by atoms with Gasteiger partial charge in [-0.2, -0.15) is 0 Å². The first-order chi connectivity index (χ1) is 18.3. The molecule has 2 saturated heterocycles. The number of morpholine rings is 1. The number of thioether (sulfide) groups is 1. The maximum absolute atomic E-state index is 12.9. The van der Waals surface area contributed by atoms with Crippen molar-refractivity contribution < 1.29 is 9.53 Å². The van der Waals surface area contributed by atoms with Gasteiger partial charge in [0, 0.05) is 67.4 Å². The number of anilines is 2. The average molecular weight is 573 g/mol. The summed E-state index contributed by atoms with van der Waals surface area (Å²) < 4.78 is 5.75. The van der Waals surface area contributed by atoms with Gasteiger partial charge in [-0.15, -0.1) is 0 Å². The van der Waals surface area contributed by atoms with Crippen LogP contribution in [0, 0.1) is 0 Å². The number of hydrogen-bond acceptors (Lipinski definition) is 7. The van der Waals surface area contributed by atoms with E-state index in [2.05, 4.69) is 20.9 Å². The van der Waals surface area contributed by atoms with Gasteiger partial charge in [0.05, 0.1) is 12.2 Å². The molecule has 1 aromatic heterocycles. The number of carbonyl (C=O) groups is 1. The summed E-state index contributed by atoms with van der Waals surface area (Å²) in [7, 11) is 0. The van der Waals surface area contributed by atoms with E-state index in [-0.39, 0.29) is 18.1 Å². The summed E-state index contributed by atoms with van der Waals surface area (Å²) in [6.07, 6.45) is 0.0978. The summed E-state index contributed by atoms with van der Waals surface area (Å²) in [5, 5.41) is 1.82. The highest BCUT2D eigenvalue weighted by atomic mass is 35.5. The fraction of sp³-hybridized carbons (Fsp3) is 0.393. The summed E-state index contributed by atoms with van der Waals surface area (Å²) in [4.78, 5) is 28.6. The van der Waals surface area contributed by atoms with Crippen LogP contribution in [-0.2, 0) is 10.5 Å². The standard InChI is InChI=1S/C28H31Cl2N5O2S/c1-19-16-35(17-20(2)37-19)27(36)22-8-6-21(7-9-22)18-38-28-31-25(30)15-26(32-28)34-12-10-33(11-13-34)24-5-3-4-23(29)14-24/h3-9,14-15,19-20H,10-13,16-18H2,1-2H3. The quantitative estimate of drug-likeness (QED) is 0.215. The Balaban J connectivity index is 1.17. The Labute approximate surface area is 238 Å². The van der Waals surface area contributed by atoms with E-state index in [4.69, 9.17) is 32.9 Å². The third-order valence-corrected chi connectivity index (χ3v) is 8.06. The molecule has 200 valence electrons. The zero-order valence-corrected chi connectivity index (χ0v) is 23.8. The number of rotatable bonds is 6. The van der Waals surface area contributed by atoms with Crippen molar-refractivity contribution in [3.8, 4) is 0 Å². The molecule has 0 N–H and O–H groups in total. The third kappa shape index (κ3) is 6.72. The van der Waals surface area contributed by atoms with Crippen LogP contribution in [0.5, 0.6) is 0 Å². The van der Waals surface area contributed by atoms with Crippen LogP contribution in [0.2, 0.25) is 10.2 Å². The summed E-state index contributed by atoms with van der Waals surface area (Å²) in [6.45, 7) is 8.65. The normalized spacial score (nSPS) is 20.1. The number of piperazine rings is 1. The molecule has 3 aromatic rings. The predicted molar refractivity (Wildman–Crippen MR) is 155 cm³/mol. The van der Waals surface area contributed by atoms with Gasteiger partial charge in [-0.3, -0.25) is 4.79 Å². The van der Waals surface area contributed by atoms with Gasteiger partial charge >= 0.3 is 0 Å². The van der Waals surface area contributed by atoms with Crippen molar-refractivity contribution >= 4 is 52.4 Å². The van der Waals surface area contributed by atoms with Gasteiger partial charge in [0.15, 0.2) is 5.16 Å². The van der Waals surface area contributed by atoms with Gasteiger partial charge in [0.1, 0.15) is 11.0 Å². The topological polar surface area (TPSA) is 61.8 Å². The highest BCUT2D eigenvalue weighted by Crippen LogP contribution is 2.27. The number of carbonyl (C=O) groups excluding carboxylic acids is 1. The first-order valence-corrected chi connectivity index (χ1v) is 14.5. The van der Waals surface area contributed by atoms with E-state index in [0.29, 0.717) is 34.7 Å². The molecule has 0 spiro atoms. The van der Waals surface area contributed by atoms with Crippen molar-refractivity contribution in [2.45, 2.75) is 37.0 Å². The Hall–Kier alpha value is -2.52. The average Bonchev–Trinajstić information content (AvgIpc) is 2.91. The van der Waals surface area contributed by atoms with E-state index >= 15 is 0 Å². The summed E-state index contributed by atoms with van der Waals surface area (Å²) in [5.74, 6) is 1.57. The minimum Gasteiger partial charge on any atom is -0.372 e. The summed E-state index contributed by atoms with van der Waals surface area (Å²) in [6, 6.07) is 17.6. The first kappa shape index (κ1) is 27.1. The van der Waals surface area contributed by atoms with E-state index in [0.717, 1.165) is 48.3 Å². The molecule has 10 heteroatoms. The molecule has 0 saturated carbocycles. The highest BCUT2D eigenvalue weighted by Gasteiger charge is 2.26. The second-order valence-corrected chi connectivity index (χ2v) is 11.5. The largest absolute Gasteiger partial charge is 0.372 e. The van der Waals surface area contributed by atoms with Crippen molar-refractivity contribution in [3.05, 3.63) is 75.9 Å². The number of ether oxygens (including phenoxy) is 1. The van der Waals surface area contributed by atoms with Crippen LogP contribution in [-0.4, -0.2) is 72.3 Å². The van der Waals surface area contributed by atoms with Crippen molar-refractivity contribution in [2.24, 2.45) is 0 Å². The van der Waals surface area contributed by atoms with E-state index in [9.17, 15) is 4.79 Å². The number of nitrogens with zero attached hydrogens (tertiary/aromatic N) is 5. The molecule has 2 aliphatic heterocycles. The molecule has 2 fully saturated rings. The fourth-order valence-electron chi connectivity index (χ4n) is 4.90. The van der Waals surface area contributed by atoms with Crippen molar-refractivity contribution in [1.29, 1.82) is 0 Å². The Morgan fingerprint density at radius 1 is 0.947 bits per heavy atom. The van der Waals surface area contributed by atoms with Crippen LogP contribution in [0.1, 0.15) is 29.8 Å². The Kier molecular flexibility index (Phi) is 8.63. The third-order valence-electron chi connectivity index (χ3n) is 6.71. The molecule has 5 rings (SSSR count). The lowest BCUT2D eigenvalue weighted by atomic mass is 10.1. The van der Waals surface area contributed by atoms with Crippen LogP contribution >= 0.6 is 35.0 Å². The Morgan fingerprint density at radius 2 is 1.63 bits per heavy atom. The number of amides is 1. The van der Waals surface area contributed by atoms with Crippen LogP contribution in [0.25, 0.3) is 0 Å². The Bertz CT molecular complexity index is 1260. The molecule has 3 heterocycles. The minimum absolute atomic E-state index is 0.0458. The molecule has 0 bridgehead atoms. The lowest BCUT2D eigenvalue weighted by Crippen LogP contribution is -2.48. The van der Waals surface area contributed by atoms with Gasteiger partial charge < -0.3 is 19.4 Å². The van der Waals surface area contributed by atoms with Crippen LogP contribution in [0.4, 0.5) is 11.5 Å². The molecule has 0 aliphatic carbocycles. The van der Waals surface area contributed by atoms with E-state index in [1.54, 1.807) is 0 Å². The molecule has 2 atom stereocenters. The molecular formula is C28H31Cl2N5O2S. The van der Waals surface area contributed by atoms with E-state index in [1.807, 2.05) is 67.3 Å². The number of halogens is 2. The summed E-state index contributed by atoms with van der Waals surface area (Å²) in [5.41, 5.74) is 2.92. The lowest BCUT2D eigenvalue weighted by molar-refractivity contribution is -0.0586. The smallest absolute Gasteiger partial charge is 0.254 e. The Morgan fingerprint density at radius 3 is 2.32 bits per heavy atom. The van der Waals surface area contributed by atoms with Gasteiger partial charge in [-0.1, -0.05) is 53.2 Å². The second-order valence-electron chi connectivity index (χ2n) is 9.74. The first-order valence-electron chi connectivity index (χ1n) is 12.8. The zero-order chi connectivity index (χ0) is 26.6. The molecule has 2 aliphatic rings. The zero-order valence-electron chi connectivity index (χ0n) is 21.5. The maximum Gasteiger partial charge on any atom is 0.254 e. The molecular weight excluding hydrogens is 541 g/mol. The van der Waals surface area contributed by atoms with E-state index in [1.165, 1.54) is 11.8 Å². The SMILES string of the molecule is CC1CN(C(=O)c2ccc(CSc3nc(Cl)cc(N4CCN(c5cccc(Cl)c5)CC4)n3)cc2)CC(C)O1. The molecule has 0 radical (unpaired) electrons. The number of hydrogen-bond donors (Lipinski definition) is 0. The molecule has 1 amide bonds. The number of benzene rings is 2. The lowest BCUT2D eigenvalue weighted by Gasteiger charge is -2.36. The van der Waals surface area contributed by atoms with Gasteiger partial charge in [0.2, 0.25) is 0 Å². The van der Waals surface area contributed by atoms with Crippen molar-refractivity contribution in [2.75, 3.05) is 49.1 Å². The van der Waals surface area contributed by atoms with Crippen molar-refractivity contribution in [3.63, 3.8) is 0 Å². The second kappa shape index (κ2) is 12.1. The van der Waals surface area contributed by atoms with E-state index < -0.39 is 0 Å². The van der Waals surface area contributed by atoms with Crippen LogP contribution < -0.4 is 9.80 Å². The van der Waals surface area contributed by atoms with Gasteiger partial charge in [-0.05, 0) is 49.7 Å². The van der Waals surface area contributed by atoms with Gasteiger partial charge in [0.25, 0.3) is 5.91 Å². The van der Waals surface area contributed by atoms with Gasteiger partial charge in [-0.25, -0.2) is 9.97 Å². The molecule has 7 nitrogen and oxygen atoms in total. The predicted octanol–water partition coefficient (Wildman–Crippen LogP) is 5.65. The monoisotopic (exact) mass is 571 g/mol.